The number of hydrogen-bond acceptors (Lipinski definition) is 6. The van der Waals surface area contributed by atoms with E-state index in [1.54, 1.807) is 24.3 Å². The van der Waals surface area contributed by atoms with E-state index in [2.05, 4.69) is 24.1 Å². The Morgan fingerprint density at radius 3 is 2.61 bits per heavy atom. The van der Waals surface area contributed by atoms with Crippen LogP contribution >= 0.6 is 0 Å². The first-order chi connectivity index (χ1) is 11.1. The minimum atomic E-state index is -0.931. The lowest BCUT2D eigenvalue weighted by Crippen LogP contribution is -2.25. The van der Waals surface area contributed by atoms with Gasteiger partial charge in [-0.25, -0.2) is 4.79 Å². The van der Waals surface area contributed by atoms with Crippen LogP contribution < -0.4 is 10.9 Å². The Morgan fingerprint density at radius 1 is 1.26 bits per heavy atom. The Kier molecular flexibility index (Phi) is 5.70. The van der Waals surface area contributed by atoms with Crippen molar-refractivity contribution in [3.05, 3.63) is 44.8 Å². The average Bonchev–Trinajstić information content (AvgIpc) is 2.54. The molecule has 0 radical (unpaired) electrons. The van der Waals surface area contributed by atoms with Gasteiger partial charge in [-0.05, 0) is 38.2 Å². The van der Waals surface area contributed by atoms with Crippen LogP contribution in [0, 0.1) is 10.1 Å². The number of rotatable bonds is 8. The van der Waals surface area contributed by atoms with E-state index >= 15 is 0 Å². The maximum absolute atomic E-state index is 11.9. The molecule has 0 aliphatic rings. The fourth-order valence-electron chi connectivity index (χ4n) is 2.54. The lowest BCUT2D eigenvalue weighted by atomic mass is 10.2. The van der Waals surface area contributed by atoms with Crippen LogP contribution in [-0.2, 0) is 0 Å². The van der Waals surface area contributed by atoms with Gasteiger partial charge in [0.2, 0.25) is 0 Å². The zero-order chi connectivity index (χ0) is 16.8. The molecule has 0 atom stereocenters. The zero-order valence-electron chi connectivity index (χ0n) is 13.4. The van der Waals surface area contributed by atoms with Crippen LogP contribution in [0.5, 0.6) is 0 Å². The van der Waals surface area contributed by atoms with Gasteiger partial charge >= 0.3 is 11.3 Å². The fourth-order valence-corrected chi connectivity index (χ4v) is 2.54. The van der Waals surface area contributed by atoms with E-state index in [0.29, 0.717) is 17.5 Å². The van der Waals surface area contributed by atoms with Crippen LogP contribution in [0.2, 0.25) is 0 Å². The summed E-state index contributed by atoms with van der Waals surface area (Å²) in [6.45, 7) is 7.57. The molecule has 0 unspecified atom stereocenters. The molecule has 0 spiro atoms. The first-order valence-electron chi connectivity index (χ1n) is 7.74. The standard InChI is InChI=1S/C16H21N3O4/c1-3-18(4-2)11-7-10-17-14-12-8-5-6-9-13(12)23-16(20)15(14)19(21)22/h5-6,8-9,17H,3-4,7,10-11H2,1-2H3. The minimum Gasteiger partial charge on any atom is -0.418 e. The monoisotopic (exact) mass is 319 g/mol. The molecule has 0 aliphatic carbocycles. The van der Waals surface area contributed by atoms with Crippen molar-refractivity contribution in [3.63, 3.8) is 0 Å². The van der Waals surface area contributed by atoms with Gasteiger partial charge in [-0.3, -0.25) is 10.1 Å². The number of nitrogens with one attached hydrogen (secondary N) is 1. The third-order valence-corrected chi connectivity index (χ3v) is 3.82. The molecule has 2 rings (SSSR count). The Labute approximate surface area is 134 Å². The quantitative estimate of drug-likeness (QED) is 0.348. The van der Waals surface area contributed by atoms with E-state index < -0.39 is 16.2 Å². The second-order valence-corrected chi connectivity index (χ2v) is 5.17. The molecule has 1 aromatic heterocycles. The topological polar surface area (TPSA) is 88.6 Å². The van der Waals surface area contributed by atoms with Gasteiger partial charge in [-0.2, -0.15) is 0 Å². The van der Waals surface area contributed by atoms with E-state index in [1.165, 1.54) is 0 Å². The Morgan fingerprint density at radius 2 is 1.96 bits per heavy atom. The van der Waals surface area contributed by atoms with Gasteiger partial charge in [0.25, 0.3) is 0 Å². The summed E-state index contributed by atoms with van der Waals surface area (Å²) in [5.41, 5.74) is -0.887. The normalized spacial score (nSPS) is 11.1. The summed E-state index contributed by atoms with van der Waals surface area (Å²) in [6, 6.07) is 6.81. The maximum atomic E-state index is 11.9. The molecule has 7 heteroatoms. The van der Waals surface area contributed by atoms with Crippen molar-refractivity contribution in [2.24, 2.45) is 0 Å². The predicted molar refractivity (Wildman–Crippen MR) is 90.0 cm³/mol. The summed E-state index contributed by atoms with van der Waals surface area (Å²) in [5, 5.41) is 14.8. The second kappa shape index (κ2) is 7.73. The van der Waals surface area contributed by atoms with Crippen LogP contribution in [0.4, 0.5) is 11.4 Å². The number of nitro groups is 1. The summed E-state index contributed by atoms with van der Waals surface area (Å²) in [5.74, 6) is 0. The highest BCUT2D eigenvalue weighted by Gasteiger charge is 2.24. The smallest absolute Gasteiger partial charge is 0.417 e. The molecule has 0 saturated heterocycles. The molecule has 1 N–H and O–H groups in total. The first kappa shape index (κ1) is 17.0. The van der Waals surface area contributed by atoms with Crippen molar-refractivity contribution in [3.8, 4) is 0 Å². The molecular formula is C16H21N3O4. The van der Waals surface area contributed by atoms with E-state index in [9.17, 15) is 14.9 Å². The van der Waals surface area contributed by atoms with Crippen molar-refractivity contribution < 1.29 is 9.34 Å². The van der Waals surface area contributed by atoms with E-state index in [4.69, 9.17) is 4.42 Å². The Balaban J connectivity index is 2.25. The molecule has 23 heavy (non-hydrogen) atoms. The predicted octanol–water partition coefficient (Wildman–Crippen LogP) is 2.85. The zero-order valence-corrected chi connectivity index (χ0v) is 13.4. The van der Waals surface area contributed by atoms with Crippen LogP contribution in [0.15, 0.2) is 33.5 Å². The van der Waals surface area contributed by atoms with Crippen molar-refractivity contribution in [1.29, 1.82) is 0 Å². The van der Waals surface area contributed by atoms with Gasteiger partial charge in [0.1, 0.15) is 11.3 Å². The number of para-hydroxylation sites is 1. The van der Waals surface area contributed by atoms with Crippen molar-refractivity contribution in [2.75, 3.05) is 31.5 Å². The second-order valence-electron chi connectivity index (χ2n) is 5.17. The summed E-state index contributed by atoms with van der Waals surface area (Å²) < 4.78 is 5.03. The number of nitrogens with zero attached hydrogens (tertiary/aromatic N) is 2. The number of hydrogen-bond donors (Lipinski definition) is 1. The molecule has 1 aromatic carbocycles. The van der Waals surface area contributed by atoms with Gasteiger partial charge in [0, 0.05) is 11.9 Å². The third kappa shape index (κ3) is 3.87. The first-order valence-corrected chi connectivity index (χ1v) is 7.74. The molecule has 0 bridgehead atoms. The molecule has 7 nitrogen and oxygen atoms in total. The van der Waals surface area contributed by atoms with Gasteiger partial charge in [-0.15, -0.1) is 0 Å². The SMILES string of the molecule is CCN(CC)CCCNc1c([N+](=O)[O-])c(=O)oc2ccccc12. The summed E-state index contributed by atoms with van der Waals surface area (Å²) >= 11 is 0. The Hall–Kier alpha value is -2.41. The molecule has 0 aliphatic heterocycles. The van der Waals surface area contributed by atoms with Crippen LogP contribution in [0.25, 0.3) is 11.0 Å². The van der Waals surface area contributed by atoms with Gasteiger partial charge in [-0.1, -0.05) is 26.0 Å². The van der Waals surface area contributed by atoms with Crippen molar-refractivity contribution >= 4 is 22.3 Å². The lowest BCUT2D eigenvalue weighted by Gasteiger charge is -2.18. The fraction of sp³-hybridized carbons (Fsp3) is 0.438. The number of benzene rings is 1. The average molecular weight is 319 g/mol. The van der Waals surface area contributed by atoms with Crippen molar-refractivity contribution in [2.45, 2.75) is 20.3 Å². The summed E-state index contributed by atoms with van der Waals surface area (Å²) in [4.78, 5) is 24.7. The third-order valence-electron chi connectivity index (χ3n) is 3.82. The number of fused-ring (bicyclic) bond motifs is 1. The van der Waals surface area contributed by atoms with Crippen LogP contribution in [-0.4, -0.2) is 36.0 Å². The molecule has 0 amide bonds. The molecule has 0 saturated carbocycles. The maximum Gasteiger partial charge on any atom is 0.417 e. The highest BCUT2D eigenvalue weighted by molar-refractivity contribution is 5.94. The minimum absolute atomic E-state index is 0.237. The summed E-state index contributed by atoms with van der Waals surface area (Å²) in [7, 11) is 0. The molecule has 2 aromatic rings. The van der Waals surface area contributed by atoms with Gasteiger partial charge in [0.15, 0.2) is 0 Å². The summed E-state index contributed by atoms with van der Waals surface area (Å²) in [6.07, 6.45) is 0.827. The lowest BCUT2D eigenvalue weighted by molar-refractivity contribution is -0.386. The van der Waals surface area contributed by atoms with Crippen molar-refractivity contribution in [1.82, 2.24) is 4.90 Å². The van der Waals surface area contributed by atoms with Gasteiger partial charge < -0.3 is 14.6 Å². The highest BCUT2D eigenvalue weighted by Crippen LogP contribution is 2.29. The van der Waals surface area contributed by atoms with E-state index in [0.717, 1.165) is 26.1 Å². The molecule has 124 valence electrons. The molecular weight excluding hydrogens is 298 g/mol. The number of anilines is 1. The molecule has 1 heterocycles. The highest BCUT2D eigenvalue weighted by atomic mass is 16.6. The van der Waals surface area contributed by atoms with Crippen LogP contribution in [0.3, 0.4) is 0 Å². The largest absolute Gasteiger partial charge is 0.418 e. The van der Waals surface area contributed by atoms with Gasteiger partial charge in [0.05, 0.1) is 4.92 Å². The van der Waals surface area contributed by atoms with Crippen LogP contribution in [0.1, 0.15) is 20.3 Å². The van der Waals surface area contributed by atoms with E-state index in [1.807, 2.05) is 0 Å². The van der Waals surface area contributed by atoms with E-state index in [-0.39, 0.29) is 5.69 Å². The molecule has 0 fully saturated rings. The Bertz CT molecular complexity index is 738.